The lowest BCUT2D eigenvalue weighted by atomic mass is 10.6. The molecule has 1 rings (SSSR count). The molecule has 7 heteroatoms. The molecule has 0 bridgehead atoms. The van der Waals surface area contributed by atoms with Crippen LogP contribution in [-0.4, -0.2) is 24.6 Å². The third-order valence-electron chi connectivity index (χ3n) is 1.03. The Morgan fingerprint density at radius 1 is 1.58 bits per heavy atom. The van der Waals surface area contributed by atoms with Crippen LogP contribution in [-0.2, 0) is 9.06 Å². The molecule has 0 fully saturated rings. The first-order valence-corrected chi connectivity index (χ1v) is 6.21. The number of aromatic nitrogens is 2. The Morgan fingerprint density at radius 2 is 2.33 bits per heavy atom. The zero-order valence-electron chi connectivity index (χ0n) is 6.26. The third-order valence-corrected chi connectivity index (χ3v) is 3.50. The first kappa shape index (κ1) is 9.27. The van der Waals surface area contributed by atoms with E-state index in [1.807, 2.05) is 0 Å². The summed E-state index contributed by atoms with van der Waals surface area (Å²) in [4.78, 5) is 7.35. The van der Waals surface area contributed by atoms with Crippen molar-refractivity contribution in [1.29, 1.82) is 0 Å². The molecule has 0 aliphatic rings. The molecule has 0 aliphatic heterocycles. The van der Waals surface area contributed by atoms with E-state index >= 15 is 0 Å². The Kier molecular flexibility index (Phi) is 2.88. The standard InChI is InChI=1S/C5H7N3O2S2/c1-11-12(9,10)8-5-2-3-6-4-7-5/h2-4H,1H3,(H,6,7,8). The molecular weight excluding hydrogens is 198 g/mol. The van der Waals surface area contributed by atoms with Crippen LogP contribution in [0.2, 0.25) is 0 Å². The molecule has 12 heavy (non-hydrogen) atoms. The number of nitrogens with one attached hydrogen (secondary N) is 1. The molecule has 0 aliphatic carbocycles. The van der Waals surface area contributed by atoms with Crippen LogP contribution in [0.15, 0.2) is 18.6 Å². The second kappa shape index (κ2) is 3.72. The fourth-order valence-corrected chi connectivity index (χ4v) is 1.49. The molecule has 1 N–H and O–H groups in total. The van der Waals surface area contributed by atoms with Crippen molar-refractivity contribution in [3.63, 3.8) is 0 Å². The molecule has 5 nitrogen and oxygen atoms in total. The fourth-order valence-electron chi connectivity index (χ4n) is 0.521. The quantitative estimate of drug-likeness (QED) is 0.727. The van der Waals surface area contributed by atoms with Crippen molar-refractivity contribution in [2.45, 2.75) is 0 Å². The summed E-state index contributed by atoms with van der Waals surface area (Å²) in [6, 6.07) is 1.48. The van der Waals surface area contributed by atoms with Gasteiger partial charge in [0.2, 0.25) is 0 Å². The molecule has 66 valence electrons. The summed E-state index contributed by atoms with van der Waals surface area (Å²) in [5.74, 6) is 0.277. The van der Waals surface area contributed by atoms with Crippen LogP contribution in [0.4, 0.5) is 5.82 Å². The second-order valence-corrected chi connectivity index (χ2v) is 5.58. The van der Waals surface area contributed by atoms with Crippen LogP contribution in [0.25, 0.3) is 0 Å². The Bertz CT molecular complexity index is 337. The maximum atomic E-state index is 11.0. The average molecular weight is 205 g/mol. The smallest absolute Gasteiger partial charge is 0.258 e. The second-order valence-electron chi connectivity index (χ2n) is 1.82. The monoisotopic (exact) mass is 205 g/mol. The van der Waals surface area contributed by atoms with Gasteiger partial charge >= 0.3 is 0 Å². The lowest BCUT2D eigenvalue weighted by Gasteiger charge is -2.01. The highest BCUT2D eigenvalue weighted by molar-refractivity contribution is 8.72. The number of rotatable bonds is 3. The maximum Gasteiger partial charge on any atom is 0.287 e. The molecule has 0 radical (unpaired) electrons. The molecule has 0 unspecified atom stereocenters. The minimum absolute atomic E-state index is 0.277. The van der Waals surface area contributed by atoms with E-state index in [4.69, 9.17) is 0 Å². The van der Waals surface area contributed by atoms with Gasteiger partial charge in [-0.2, -0.15) is 8.42 Å². The summed E-state index contributed by atoms with van der Waals surface area (Å²) >= 11 is 0. The number of nitrogens with zero attached hydrogens (tertiary/aromatic N) is 2. The van der Waals surface area contributed by atoms with Gasteiger partial charge < -0.3 is 0 Å². The molecular formula is C5H7N3O2S2. The van der Waals surface area contributed by atoms with Gasteiger partial charge in [0.05, 0.1) is 0 Å². The van der Waals surface area contributed by atoms with Gasteiger partial charge in [-0.15, -0.1) is 0 Å². The highest BCUT2D eigenvalue weighted by Crippen LogP contribution is 2.10. The minimum Gasteiger partial charge on any atom is -0.258 e. The normalized spacial score (nSPS) is 11.1. The Morgan fingerprint density at radius 3 is 2.83 bits per heavy atom. The lowest BCUT2D eigenvalue weighted by molar-refractivity contribution is 0.615. The summed E-state index contributed by atoms with van der Waals surface area (Å²) in [7, 11) is -2.57. The number of anilines is 1. The van der Waals surface area contributed by atoms with Crippen LogP contribution in [0.5, 0.6) is 0 Å². The van der Waals surface area contributed by atoms with E-state index in [1.165, 1.54) is 24.8 Å². The van der Waals surface area contributed by atoms with Crippen LogP contribution in [0.3, 0.4) is 0 Å². The Labute approximate surface area is 74.1 Å². The average Bonchev–Trinajstić information content (AvgIpc) is 2.06. The Balaban J connectivity index is 2.78. The summed E-state index contributed by atoms with van der Waals surface area (Å²) in [5.41, 5.74) is 0. The van der Waals surface area contributed by atoms with Gasteiger partial charge in [-0.3, -0.25) is 4.72 Å². The summed E-state index contributed by atoms with van der Waals surface area (Å²) < 4.78 is 24.2. The first-order chi connectivity index (χ1) is 5.64. The number of hydrogen-bond donors (Lipinski definition) is 1. The van der Waals surface area contributed by atoms with Crippen LogP contribution in [0.1, 0.15) is 0 Å². The van der Waals surface area contributed by atoms with Crippen molar-refractivity contribution in [3.05, 3.63) is 18.6 Å². The molecule has 0 saturated heterocycles. The van der Waals surface area contributed by atoms with Crippen molar-refractivity contribution in [2.24, 2.45) is 0 Å². The van der Waals surface area contributed by atoms with Crippen LogP contribution < -0.4 is 4.72 Å². The summed E-state index contributed by atoms with van der Waals surface area (Å²) in [6.45, 7) is 0. The van der Waals surface area contributed by atoms with E-state index in [-0.39, 0.29) is 5.82 Å². The van der Waals surface area contributed by atoms with Crippen LogP contribution in [0, 0.1) is 0 Å². The van der Waals surface area contributed by atoms with E-state index in [0.717, 1.165) is 10.8 Å². The van der Waals surface area contributed by atoms with E-state index in [1.54, 1.807) is 0 Å². The highest BCUT2D eigenvalue weighted by atomic mass is 33.1. The van der Waals surface area contributed by atoms with Crippen molar-refractivity contribution in [3.8, 4) is 0 Å². The molecule has 0 atom stereocenters. The van der Waals surface area contributed by atoms with Crippen molar-refractivity contribution < 1.29 is 8.42 Å². The van der Waals surface area contributed by atoms with Gasteiger partial charge in [-0.05, 0) is 23.1 Å². The van der Waals surface area contributed by atoms with E-state index in [0.29, 0.717) is 0 Å². The maximum absolute atomic E-state index is 11.0. The molecule has 1 aromatic heterocycles. The third kappa shape index (κ3) is 2.67. The minimum atomic E-state index is -3.30. The predicted molar refractivity (Wildman–Crippen MR) is 48.1 cm³/mol. The Hall–Kier alpha value is -0.820. The van der Waals surface area contributed by atoms with Gasteiger partial charge in [-0.1, -0.05) is 0 Å². The molecule has 1 heterocycles. The van der Waals surface area contributed by atoms with E-state index in [9.17, 15) is 8.42 Å². The van der Waals surface area contributed by atoms with Gasteiger partial charge in [0, 0.05) is 6.20 Å². The number of hydrogen-bond acceptors (Lipinski definition) is 5. The summed E-state index contributed by atoms with van der Waals surface area (Å²) in [5, 5.41) is 0. The molecule has 0 amide bonds. The largest absolute Gasteiger partial charge is 0.287 e. The van der Waals surface area contributed by atoms with E-state index < -0.39 is 9.06 Å². The van der Waals surface area contributed by atoms with Gasteiger partial charge in [0.1, 0.15) is 12.1 Å². The first-order valence-electron chi connectivity index (χ1n) is 2.98. The van der Waals surface area contributed by atoms with Gasteiger partial charge in [0.15, 0.2) is 0 Å². The lowest BCUT2D eigenvalue weighted by Crippen LogP contribution is -2.08. The van der Waals surface area contributed by atoms with E-state index in [2.05, 4.69) is 14.7 Å². The van der Waals surface area contributed by atoms with Gasteiger partial charge in [0.25, 0.3) is 9.06 Å². The SMILES string of the molecule is CSS(=O)(=O)Nc1ccncn1. The fraction of sp³-hybridized carbons (Fsp3) is 0.200. The van der Waals surface area contributed by atoms with Crippen LogP contribution >= 0.6 is 10.8 Å². The van der Waals surface area contributed by atoms with Crippen molar-refractivity contribution in [2.75, 3.05) is 11.0 Å². The highest BCUT2D eigenvalue weighted by Gasteiger charge is 2.06. The zero-order valence-corrected chi connectivity index (χ0v) is 7.89. The topological polar surface area (TPSA) is 72.0 Å². The molecule has 0 aromatic carbocycles. The molecule has 0 spiro atoms. The summed E-state index contributed by atoms with van der Waals surface area (Å²) in [6.07, 6.45) is 4.22. The predicted octanol–water partition coefficient (Wildman–Crippen LogP) is 0.496. The van der Waals surface area contributed by atoms with Crippen molar-refractivity contribution in [1.82, 2.24) is 9.97 Å². The zero-order chi connectivity index (χ0) is 9.03. The van der Waals surface area contributed by atoms with Crippen molar-refractivity contribution >= 4 is 25.7 Å². The molecule has 1 aromatic rings. The molecule has 0 saturated carbocycles. The van der Waals surface area contributed by atoms with Gasteiger partial charge in [-0.25, -0.2) is 9.97 Å².